The second-order valence-corrected chi connectivity index (χ2v) is 4.71. The zero-order chi connectivity index (χ0) is 15.5. The summed E-state index contributed by atoms with van der Waals surface area (Å²) < 4.78 is 6.79. The van der Waals surface area contributed by atoms with Crippen molar-refractivity contribution in [2.75, 3.05) is 0 Å². The Hall–Kier alpha value is -3.15. The van der Waals surface area contributed by atoms with Crippen LogP contribution in [-0.4, -0.2) is 16.7 Å². The van der Waals surface area contributed by atoms with Crippen molar-refractivity contribution in [1.82, 2.24) is 9.99 Å². The summed E-state index contributed by atoms with van der Waals surface area (Å²) >= 11 is 0. The van der Waals surface area contributed by atoms with Crippen LogP contribution >= 0.6 is 0 Å². The molecule has 3 rings (SSSR count). The van der Waals surface area contributed by atoms with Crippen LogP contribution in [-0.2, 0) is 7.05 Å². The number of hydrazone groups is 1. The molecule has 6 heteroatoms. The maximum atomic E-state index is 12.4. The fraction of sp³-hybridized carbons (Fsp3) is 0.0625. The number of aromatic nitrogens is 1. The lowest BCUT2D eigenvalue weighted by Gasteiger charge is -2.07. The molecular weight excluding hydrogens is 282 g/mol. The summed E-state index contributed by atoms with van der Waals surface area (Å²) in [6, 6.07) is 10.5. The first kappa shape index (κ1) is 13.8. The van der Waals surface area contributed by atoms with E-state index in [0.717, 1.165) is 5.52 Å². The molecular formula is C16H13N3O3. The van der Waals surface area contributed by atoms with Crippen LogP contribution in [0.25, 0.3) is 10.9 Å². The van der Waals surface area contributed by atoms with Crippen LogP contribution in [0, 0.1) is 0 Å². The van der Waals surface area contributed by atoms with Gasteiger partial charge in [0.05, 0.1) is 18.0 Å². The quantitative estimate of drug-likeness (QED) is 0.592. The van der Waals surface area contributed by atoms with Gasteiger partial charge in [-0.05, 0) is 24.3 Å². The molecule has 0 saturated carbocycles. The summed E-state index contributed by atoms with van der Waals surface area (Å²) in [5, 5.41) is 4.27. The number of carbonyl (C=O) groups is 1. The molecule has 0 fully saturated rings. The number of carbonyl (C=O) groups excluding carboxylic acids is 1. The monoisotopic (exact) mass is 295 g/mol. The molecule has 22 heavy (non-hydrogen) atoms. The zero-order valence-electron chi connectivity index (χ0n) is 11.8. The second-order valence-electron chi connectivity index (χ2n) is 4.71. The molecule has 0 aliphatic heterocycles. The molecule has 0 atom stereocenters. The molecule has 1 N–H and O–H groups in total. The number of aryl methyl sites for hydroxylation is 1. The summed E-state index contributed by atoms with van der Waals surface area (Å²) in [5.41, 5.74) is 2.81. The van der Waals surface area contributed by atoms with Gasteiger partial charge in [0.2, 0.25) is 5.43 Å². The van der Waals surface area contributed by atoms with Crippen LogP contribution in [0.1, 0.15) is 16.1 Å². The third-order valence-electron chi connectivity index (χ3n) is 3.24. The van der Waals surface area contributed by atoms with Crippen LogP contribution in [0.15, 0.2) is 63.2 Å². The molecule has 0 spiro atoms. The Morgan fingerprint density at radius 2 is 2.09 bits per heavy atom. The van der Waals surface area contributed by atoms with E-state index in [1.807, 2.05) is 12.1 Å². The summed E-state index contributed by atoms with van der Waals surface area (Å²) in [6.07, 6.45) is 4.37. The lowest BCUT2D eigenvalue weighted by atomic mass is 10.1. The van der Waals surface area contributed by atoms with Crippen LogP contribution < -0.4 is 10.9 Å². The average Bonchev–Trinajstić information content (AvgIpc) is 3.04. The smallest absolute Gasteiger partial charge is 0.276 e. The van der Waals surface area contributed by atoms with Gasteiger partial charge < -0.3 is 8.98 Å². The third kappa shape index (κ3) is 2.54. The number of para-hydroxylation sites is 1. The van der Waals surface area contributed by atoms with Gasteiger partial charge in [0.1, 0.15) is 11.3 Å². The molecule has 3 aromatic rings. The van der Waals surface area contributed by atoms with Gasteiger partial charge in [0.25, 0.3) is 5.91 Å². The van der Waals surface area contributed by atoms with Crippen molar-refractivity contribution in [3.8, 4) is 0 Å². The van der Waals surface area contributed by atoms with Crippen molar-refractivity contribution in [3.05, 3.63) is 70.4 Å². The fourth-order valence-corrected chi connectivity index (χ4v) is 2.18. The van der Waals surface area contributed by atoms with E-state index in [2.05, 4.69) is 10.5 Å². The zero-order valence-corrected chi connectivity index (χ0v) is 11.8. The Labute approximate surface area is 125 Å². The highest BCUT2D eigenvalue weighted by Crippen LogP contribution is 2.10. The molecule has 2 heterocycles. The molecule has 2 aromatic heterocycles. The van der Waals surface area contributed by atoms with Gasteiger partial charge in [-0.2, -0.15) is 5.10 Å². The summed E-state index contributed by atoms with van der Waals surface area (Å²) in [5.74, 6) is -0.0547. The lowest BCUT2D eigenvalue weighted by molar-refractivity contribution is 0.0953. The van der Waals surface area contributed by atoms with Crippen molar-refractivity contribution in [1.29, 1.82) is 0 Å². The number of rotatable bonds is 3. The van der Waals surface area contributed by atoms with Gasteiger partial charge in [-0.25, -0.2) is 5.43 Å². The first-order valence-corrected chi connectivity index (χ1v) is 6.62. The lowest BCUT2D eigenvalue weighted by Crippen LogP contribution is -2.26. The molecule has 6 nitrogen and oxygen atoms in total. The number of furan rings is 1. The van der Waals surface area contributed by atoms with Crippen LogP contribution in [0.5, 0.6) is 0 Å². The number of nitrogens with one attached hydrogen (secondary N) is 1. The van der Waals surface area contributed by atoms with E-state index in [-0.39, 0.29) is 11.0 Å². The highest BCUT2D eigenvalue weighted by Gasteiger charge is 2.13. The maximum absolute atomic E-state index is 12.4. The molecule has 0 radical (unpaired) electrons. The minimum Gasteiger partial charge on any atom is -0.463 e. The maximum Gasteiger partial charge on any atom is 0.276 e. The van der Waals surface area contributed by atoms with Gasteiger partial charge in [0.15, 0.2) is 0 Å². The Morgan fingerprint density at radius 1 is 1.27 bits per heavy atom. The second kappa shape index (κ2) is 5.69. The van der Waals surface area contributed by atoms with E-state index in [4.69, 9.17) is 4.42 Å². The van der Waals surface area contributed by atoms with Crippen LogP contribution in [0.4, 0.5) is 0 Å². The molecule has 1 aromatic carbocycles. The van der Waals surface area contributed by atoms with Gasteiger partial charge >= 0.3 is 0 Å². The predicted molar refractivity (Wildman–Crippen MR) is 83.0 cm³/mol. The summed E-state index contributed by atoms with van der Waals surface area (Å²) in [7, 11) is 1.78. The van der Waals surface area contributed by atoms with E-state index in [1.165, 1.54) is 18.7 Å². The largest absolute Gasteiger partial charge is 0.463 e. The molecule has 0 bridgehead atoms. The minimum absolute atomic E-state index is 0.0396. The van der Waals surface area contributed by atoms with Gasteiger partial charge in [-0.3, -0.25) is 9.59 Å². The molecule has 0 saturated heterocycles. The van der Waals surface area contributed by atoms with E-state index < -0.39 is 5.91 Å². The average molecular weight is 295 g/mol. The number of nitrogens with zero attached hydrogens (tertiary/aromatic N) is 2. The van der Waals surface area contributed by atoms with Crippen molar-refractivity contribution in [3.63, 3.8) is 0 Å². The molecule has 0 unspecified atom stereocenters. The van der Waals surface area contributed by atoms with Crippen LogP contribution in [0.2, 0.25) is 0 Å². The summed E-state index contributed by atoms with van der Waals surface area (Å²) in [4.78, 5) is 24.5. The number of fused-ring (bicyclic) bond motifs is 1. The van der Waals surface area contributed by atoms with Gasteiger partial charge in [-0.1, -0.05) is 12.1 Å². The number of benzene rings is 1. The van der Waals surface area contributed by atoms with Crippen molar-refractivity contribution in [2.24, 2.45) is 12.1 Å². The Balaban J connectivity index is 1.91. The van der Waals surface area contributed by atoms with E-state index in [1.54, 1.807) is 35.9 Å². The standard InChI is InChI=1S/C16H13N3O3/c1-19-10-13(15(20)12-6-2-3-7-14(12)19)16(21)18-17-9-11-5-4-8-22-11/h2-10H,1H3,(H,18,21). The first-order chi connectivity index (χ1) is 10.7. The number of pyridine rings is 1. The van der Waals surface area contributed by atoms with E-state index >= 15 is 0 Å². The Bertz CT molecular complexity index is 908. The highest BCUT2D eigenvalue weighted by molar-refractivity contribution is 5.97. The fourth-order valence-electron chi connectivity index (χ4n) is 2.18. The molecule has 0 aliphatic carbocycles. The number of amides is 1. The highest BCUT2D eigenvalue weighted by atomic mass is 16.3. The topological polar surface area (TPSA) is 76.6 Å². The SMILES string of the molecule is Cn1cc(C(=O)NN=Cc2ccco2)c(=O)c2ccccc21. The number of hydrogen-bond donors (Lipinski definition) is 1. The summed E-state index contributed by atoms with van der Waals surface area (Å²) in [6.45, 7) is 0. The van der Waals surface area contributed by atoms with Crippen molar-refractivity contribution in [2.45, 2.75) is 0 Å². The third-order valence-corrected chi connectivity index (χ3v) is 3.24. The van der Waals surface area contributed by atoms with Gasteiger partial charge in [-0.15, -0.1) is 0 Å². The first-order valence-electron chi connectivity index (χ1n) is 6.62. The Morgan fingerprint density at radius 3 is 2.86 bits per heavy atom. The Kier molecular flexibility index (Phi) is 3.57. The van der Waals surface area contributed by atoms with Crippen molar-refractivity contribution < 1.29 is 9.21 Å². The minimum atomic E-state index is -0.561. The van der Waals surface area contributed by atoms with E-state index in [9.17, 15) is 9.59 Å². The molecule has 110 valence electrons. The van der Waals surface area contributed by atoms with Crippen LogP contribution in [0.3, 0.4) is 0 Å². The van der Waals surface area contributed by atoms with Gasteiger partial charge in [0, 0.05) is 18.6 Å². The molecule has 0 aliphatic rings. The number of hydrogen-bond acceptors (Lipinski definition) is 4. The predicted octanol–water partition coefficient (Wildman–Crippen LogP) is 1.90. The van der Waals surface area contributed by atoms with E-state index in [0.29, 0.717) is 11.1 Å². The normalized spacial score (nSPS) is 11.1. The van der Waals surface area contributed by atoms with Crippen molar-refractivity contribution >= 4 is 23.0 Å². The molecule has 1 amide bonds.